The fraction of sp³-hybridized carbons (Fsp3) is 0.364. The fourth-order valence-corrected chi connectivity index (χ4v) is 6.31. The molecule has 1 aromatic heterocycles. The van der Waals surface area contributed by atoms with Crippen molar-refractivity contribution in [3.63, 3.8) is 0 Å². The summed E-state index contributed by atoms with van der Waals surface area (Å²) in [5, 5.41) is 0. The number of aromatic nitrogens is 2. The van der Waals surface area contributed by atoms with Gasteiger partial charge in [-0.3, -0.25) is 9.36 Å². The Bertz CT molecular complexity index is 1330. The Labute approximate surface area is 180 Å². The third kappa shape index (κ3) is 3.28. The first kappa shape index (κ1) is 20.0. The van der Waals surface area contributed by atoms with Gasteiger partial charge in [0.1, 0.15) is 0 Å². The molecule has 0 aliphatic carbocycles. The summed E-state index contributed by atoms with van der Waals surface area (Å²) in [6.07, 6.45) is 1.80. The number of hydrogen-bond donors (Lipinski definition) is 1. The zero-order valence-electron chi connectivity index (χ0n) is 17.2. The molecule has 1 saturated heterocycles. The summed E-state index contributed by atoms with van der Waals surface area (Å²) in [5.41, 5.74) is 3.17. The van der Waals surface area contributed by atoms with E-state index in [-0.39, 0.29) is 22.5 Å². The number of nitrogens with zero attached hydrogens (tertiary/aromatic N) is 3. The normalized spacial score (nSPS) is 17.9. The molecule has 0 bridgehead atoms. The quantitative estimate of drug-likeness (QED) is 0.676. The number of rotatable bonds is 3. The summed E-state index contributed by atoms with van der Waals surface area (Å²) >= 11 is 0. The highest BCUT2D eigenvalue weighted by atomic mass is 32.2. The van der Waals surface area contributed by atoms with Crippen LogP contribution >= 0.6 is 0 Å². The van der Waals surface area contributed by atoms with Gasteiger partial charge in [-0.2, -0.15) is 4.31 Å². The van der Waals surface area contributed by atoms with Crippen LogP contribution in [0.5, 0.6) is 0 Å². The molecule has 1 N–H and O–H groups in total. The summed E-state index contributed by atoms with van der Waals surface area (Å²) in [5.74, 6) is -0.0380. The molecule has 2 aliphatic rings. The van der Waals surface area contributed by atoms with E-state index in [0.29, 0.717) is 38.9 Å². The summed E-state index contributed by atoms with van der Waals surface area (Å²) in [6, 6.07) is 12.5. The third-order valence-electron chi connectivity index (χ3n) is 6.38. The van der Waals surface area contributed by atoms with Gasteiger partial charge in [-0.1, -0.05) is 12.1 Å². The molecule has 0 unspecified atom stereocenters. The second-order valence-electron chi connectivity index (χ2n) is 8.16. The number of fused-ring (bicyclic) bond motifs is 2. The molecule has 0 saturated carbocycles. The van der Waals surface area contributed by atoms with E-state index in [0.717, 1.165) is 22.3 Å². The number of imidazole rings is 1. The van der Waals surface area contributed by atoms with Crippen LogP contribution in [0.25, 0.3) is 11.0 Å². The minimum absolute atomic E-state index is 0.0380. The van der Waals surface area contributed by atoms with Gasteiger partial charge in [0.2, 0.25) is 15.9 Å². The van der Waals surface area contributed by atoms with Crippen molar-refractivity contribution in [2.75, 3.05) is 24.5 Å². The van der Waals surface area contributed by atoms with Crippen molar-refractivity contribution in [1.82, 2.24) is 13.9 Å². The zero-order valence-corrected chi connectivity index (χ0v) is 18.1. The Morgan fingerprint density at radius 3 is 2.55 bits per heavy atom. The smallest absolute Gasteiger partial charge is 0.312 e. The molecule has 162 valence electrons. The maximum absolute atomic E-state index is 13.2. The minimum Gasteiger partial charge on any atom is -0.312 e. The molecule has 3 heterocycles. The van der Waals surface area contributed by atoms with Gasteiger partial charge in [0.15, 0.2) is 0 Å². The average Bonchev–Trinajstić information content (AvgIpc) is 3.33. The Morgan fingerprint density at radius 2 is 1.81 bits per heavy atom. The zero-order chi connectivity index (χ0) is 21.8. The Kier molecular flexibility index (Phi) is 4.75. The molecule has 3 aromatic rings. The van der Waals surface area contributed by atoms with Crippen LogP contribution in [0.1, 0.15) is 31.4 Å². The standard InChI is InChI=1S/C22H24N4O4S/c1-15(27)25-13-8-16-14-18(6-7-20(16)25)31(29,30)24-11-9-17(10-12-24)26-21-5-3-2-4-19(21)23-22(26)28/h2-7,14,17H,8-13H2,1H3,(H,23,28). The maximum Gasteiger partial charge on any atom is 0.326 e. The molecule has 2 aromatic carbocycles. The first-order chi connectivity index (χ1) is 14.9. The summed E-state index contributed by atoms with van der Waals surface area (Å²) in [7, 11) is -3.63. The number of amides is 1. The van der Waals surface area contributed by atoms with E-state index in [2.05, 4.69) is 4.98 Å². The van der Waals surface area contributed by atoms with E-state index in [1.807, 2.05) is 24.3 Å². The summed E-state index contributed by atoms with van der Waals surface area (Å²) in [6.45, 7) is 2.81. The number of para-hydroxylation sites is 2. The number of hydrogen-bond acceptors (Lipinski definition) is 4. The lowest BCUT2D eigenvalue weighted by Gasteiger charge is -2.32. The number of piperidine rings is 1. The van der Waals surface area contributed by atoms with E-state index in [4.69, 9.17) is 0 Å². The first-order valence-electron chi connectivity index (χ1n) is 10.5. The van der Waals surface area contributed by atoms with Gasteiger partial charge in [0.05, 0.1) is 15.9 Å². The van der Waals surface area contributed by atoms with E-state index < -0.39 is 10.0 Å². The van der Waals surface area contributed by atoms with Crippen molar-refractivity contribution >= 4 is 32.7 Å². The van der Waals surface area contributed by atoms with Crippen LogP contribution < -0.4 is 10.6 Å². The maximum atomic E-state index is 13.2. The highest BCUT2D eigenvalue weighted by Crippen LogP contribution is 2.33. The van der Waals surface area contributed by atoms with E-state index in [9.17, 15) is 18.0 Å². The fourth-order valence-electron chi connectivity index (χ4n) is 4.79. The van der Waals surface area contributed by atoms with Crippen molar-refractivity contribution in [3.8, 4) is 0 Å². The molecular weight excluding hydrogens is 416 g/mol. The van der Waals surface area contributed by atoms with Crippen molar-refractivity contribution in [2.45, 2.75) is 37.1 Å². The molecule has 0 radical (unpaired) electrons. The van der Waals surface area contributed by atoms with Crippen molar-refractivity contribution in [3.05, 3.63) is 58.5 Å². The molecule has 1 fully saturated rings. The lowest BCUT2D eigenvalue weighted by Crippen LogP contribution is -2.40. The van der Waals surface area contributed by atoms with Gasteiger partial charge in [-0.05, 0) is 55.2 Å². The second-order valence-corrected chi connectivity index (χ2v) is 10.1. The Hall–Kier alpha value is -2.91. The molecule has 9 heteroatoms. The number of benzene rings is 2. The van der Waals surface area contributed by atoms with Crippen LogP contribution in [-0.2, 0) is 21.2 Å². The first-order valence-corrected chi connectivity index (χ1v) is 11.9. The van der Waals surface area contributed by atoms with Gasteiger partial charge >= 0.3 is 5.69 Å². The highest BCUT2D eigenvalue weighted by molar-refractivity contribution is 7.89. The van der Waals surface area contributed by atoms with Crippen molar-refractivity contribution < 1.29 is 13.2 Å². The van der Waals surface area contributed by atoms with Crippen molar-refractivity contribution in [1.29, 1.82) is 0 Å². The van der Waals surface area contributed by atoms with Gasteiger partial charge in [-0.15, -0.1) is 0 Å². The van der Waals surface area contributed by atoms with Gasteiger partial charge < -0.3 is 9.88 Å². The number of carbonyl (C=O) groups excluding carboxylic acids is 1. The number of carbonyl (C=O) groups is 1. The Balaban J connectivity index is 1.36. The number of aromatic amines is 1. The molecule has 0 atom stereocenters. The van der Waals surface area contributed by atoms with E-state index >= 15 is 0 Å². The minimum atomic E-state index is -3.63. The number of sulfonamides is 1. The number of H-pyrrole nitrogens is 1. The van der Waals surface area contributed by atoms with Gasteiger partial charge in [-0.25, -0.2) is 13.2 Å². The van der Waals surface area contributed by atoms with Crippen LogP contribution in [-0.4, -0.2) is 47.8 Å². The lowest BCUT2D eigenvalue weighted by atomic mass is 10.1. The van der Waals surface area contributed by atoms with Crippen LogP contribution in [0.4, 0.5) is 5.69 Å². The highest BCUT2D eigenvalue weighted by Gasteiger charge is 2.32. The van der Waals surface area contributed by atoms with Crippen LogP contribution in [0, 0.1) is 0 Å². The van der Waals surface area contributed by atoms with Crippen LogP contribution in [0.3, 0.4) is 0 Å². The predicted molar refractivity (Wildman–Crippen MR) is 118 cm³/mol. The monoisotopic (exact) mass is 440 g/mol. The molecule has 2 aliphatic heterocycles. The molecule has 5 rings (SSSR count). The molecule has 1 amide bonds. The second kappa shape index (κ2) is 7.35. The molecular formula is C22H24N4O4S. The SMILES string of the molecule is CC(=O)N1CCc2cc(S(=O)(=O)N3CCC(n4c(=O)[nH]c5ccccc54)CC3)ccc21. The Morgan fingerprint density at radius 1 is 1.06 bits per heavy atom. The summed E-state index contributed by atoms with van der Waals surface area (Å²) < 4.78 is 29.7. The van der Waals surface area contributed by atoms with Gasteiger partial charge in [0.25, 0.3) is 0 Å². The third-order valence-corrected chi connectivity index (χ3v) is 8.27. The van der Waals surface area contributed by atoms with Gasteiger partial charge in [0, 0.05) is 38.3 Å². The van der Waals surface area contributed by atoms with Crippen LogP contribution in [0.15, 0.2) is 52.2 Å². The average molecular weight is 441 g/mol. The predicted octanol–water partition coefficient (Wildman–Crippen LogP) is 2.26. The van der Waals surface area contributed by atoms with E-state index in [1.165, 1.54) is 11.2 Å². The number of nitrogens with one attached hydrogen (secondary N) is 1. The number of anilines is 1. The molecule has 31 heavy (non-hydrogen) atoms. The lowest BCUT2D eigenvalue weighted by molar-refractivity contribution is -0.116. The van der Waals surface area contributed by atoms with Crippen LogP contribution in [0.2, 0.25) is 0 Å². The van der Waals surface area contributed by atoms with Crippen molar-refractivity contribution in [2.24, 2.45) is 0 Å². The largest absolute Gasteiger partial charge is 0.326 e. The molecule has 8 nitrogen and oxygen atoms in total. The summed E-state index contributed by atoms with van der Waals surface area (Å²) in [4.78, 5) is 29.0. The topological polar surface area (TPSA) is 95.5 Å². The van der Waals surface area contributed by atoms with E-state index in [1.54, 1.807) is 27.7 Å². The molecule has 0 spiro atoms.